The summed E-state index contributed by atoms with van der Waals surface area (Å²) in [5.74, 6) is -0.369. The average Bonchev–Trinajstić information content (AvgIpc) is 2.69. The molecule has 3 aromatic carbocycles. The zero-order valence-electron chi connectivity index (χ0n) is 16.3. The van der Waals surface area contributed by atoms with Crippen molar-refractivity contribution in [3.63, 3.8) is 0 Å². The van der Waals surface area contributed by atoms with E-state index in [9.17, 15) is 26.3 Å². The number of hydrogen-bond acceptors (Lipinski definition) is 4. The lowest BCUT2D eigenvalue weighted by atomic mass is 10.2. The fraction of sp³-hybridized carbons (Fsp3) is 0.143. The maximum Gasteiger partial charge on any atom is 0.573 e. The van der Waals surface area contributed by atoms with Crippen LogP contribution in [0, 0.1) is 0 Å². The van der Waals surface area contributed by atoms with E-state index >= 15 is 0 Å². The molecule has 0 aliphatic rings. The predicted molar refractivity (Wildman–Crippen MR) is 114 cm³/mol. The molecule has 0 heterocycles. The molecule has 3 aromatic rings. The second-order valence-electron chi connectivity index (χ2n) is 6.08. The molecule has 0 radical (unpaired) electrons. The Kier molecular flexibility index (Phi) is 9.29. The zero-order valence-corrected chi connectivity index (χ0v) is 19.4. The smallest absolute Gasteiger partial charge is 0.507 e. The second-order valence-corrected chi connectivity index (χ2v) is 7.78. The van der Waals surface area contributed by atoms with E-state index in [2.05, 4.69) is 41.3 Å². The van der Waals surface area contributed by atoms with E-state index in [1.165, 1.54) is 18.2 Å². The molecule has 0 amide bonds. The molecule has 1 N–H and O–H groups in total. The highest BCUT2D eigenvalue weighted by atomic mass is 79.9. The predicted octanol–water partition coefficient (Wildman–Crippen LogP) is 7.98. The van der Waals surface area contributed by atoms with Crippen LogP contribution in [0.2, 0.25) is 0 Å². The normalized spacial score (nSPS) is 11.3. The van der Waals surface area contributed by atoms with Crippen LogP contribution in [0.3, 0.4) is 0 Å². The maximum absolute atomic E-state index is 12.1. The SMILES string of the molecule is FC(F)(F)Oc1ccc(OCc2ccccc2)c(Br)c1.Oc1ccc(OC(F)(F)F)cc1Br. The number of aromatic hydroxyl groups is 1. The molecular formula is C21H14Br2F6O4. The summed E-state index contributed by atoms with van der Waals surface area (Å²) < 4.78 is 84.7. The van der Waals surface area contributed by atoms with Gasteiger partial charge in [0, 0.05) is 0 Å². The summed E-state index contributed by atoms with van der Waals surface area (Å²) in [5, 5.41) is 8.96. The number of alkyl halides is 6. The summed E-state index contributed by atoms with van der Waals surface area (Å²) in [4.78, 5) is 0. The van der Waals surface area contributed by atoms with Crippen molar-refractivity contribution in [3.05, 3.63) is 81.2 Å². The van der Waals surface area contributed by atoms with Crippen LogP contribution in [0.25, 0.3) is 0 Å². The van der Waals surface area contributed by atoms with Gasteiger partial charge in [0.05, 0.1) is 8.95 Å². The Labute approximate surface area is 201 Å². The third kappa shape index (κ3) is 10.3. The summed E-state index contributed by atoms with van der Waals surface area (Å²) in [6.45, 7) is 0.332. The highest BCUT2D eigenvalue weighted by Gasteiger charge is 2.32. The van der Waals surface area contributed by atoms with E-state index < -0.39 is 12.7 Å². The molecule has 0 aliphatic heterocycles. The molecule has 0 atom stereocenters. The molecule has 0 saturated carbocycles. The van der Waals surface area contributed by atoms with E-state index in [4.69, 9.17) is 9.84 Å². The van der Waals surface area contributed by atoms with Crippen LogP contribution in [0.15, 0.2) is 75.7 Å². The fourth-order valence-corrected chi connectivity index (χ4v) is 3.05. The van der Waals surface area contributed by atoms with Gasteiger partial charge in [-0.1, -0.05) is 30.3 Å². The van der Waals surface area contributed by atoms with Crippen LogP contribution >= 0.6 is 31.9 Å². The van der Waals surface area contributed by atoms with Crippen molar-refractivity contribution in [1.82, 2.24) is 0 Å². The minimum atomic E-state index is -4.71. The van der Waals surface area contributed by atoms with Gasteiger partial charge in [-0.15, -0.1) is 26.3 Å². The van der Waals surface area contributed by atoms with Crippen LogP contribution < -0.4 is 14.2 Å². The first-order chi connectivity index (χ1) is 15.3. The van der Waals surface area contributed by atoms with Gasteiger partial charge in [0.2, 0.25) is 0 Å². The Morgan fingerprint density at radius 1 is 0.697 bits per heavy atom. The summed E-state index contributed by atoms with van der Waals surface area (Å²) in [5.41, 5.74) is 0.968. The minimum absolute atomic E-state index is 0.144. The van der Waals surface area contributed by atoms with Gasteiger partial charge >= 0.3 is 12.7 Å². The molecule has 0 aliphatic carbocycles. The van der Waals surface area contributed by atoms with Crippen molar-refractivity contribution in [3.8, 4) is 23.0 Å². The van der Waals surface area contributed by atoms with Crippen molar-refractivity contribution >= 4 is 31.9 Å². The Balaban J connectivity index is 0.000000257. The number of hydrogen-bond donors (Lipinski definition) is 1. The Morgan fingerprint density at radius 3 is 1.70 bits per heavy atom. The van der Waals surface area contributed by atoms with Crippen molar-refractivity contribution in [2.75, 3.05) is 0 Å². The molecule has 0 saturated heterocycles. The van der Waals surface area contributed by atoms with Crippen molar-refractivity contribution in [2.24, 2.45) is 0 Å². The van der Waals surface area contributed by atoms with Gasteiger partial charge in [0.15, 0.2) is 0 Å². The number of phenols is 1. The first-order valence-corrected chi connectivity index (χ1v) is 10.4. The van der Waals surface area contributed by atoms with E-state index in [-0.39, 0.29) is 21.7 Å². The molecule has 0 bridgehead atoms. The highest BCUT2D eigenvalue weighted by molar-refractivity contribution is 9.10. The quantitative estimate of drug-likeness (QED) is 0.300. The van der Waals surface area contributed by atoms with E-state index in [0.29, 0.717) is 16.8 Å². The monoisotopic (exact) mass is 602 g/mol. The molecule has 0 aromatic heterocycles. The maximum atomic E-state index is 12.1. The molecule has 0 unspecified atom stereocenters. The summed E-state index contributed by atoms with van der Waals surface area (Å²) >= 11 is 6.01. The van der Waals surface area contributed by atoms with Crippen LogP contribution in [-0.4, -0.2) is 17.8 Å². The van der Waals surface area contributed by atoms with E-state index in [1.54, 1.807) is 0 Å². The molecule has 0 spiro atoms. The van der Waals surface area contributed by atoms with Crippen LogP contribution in [-0.2, 0) is 6.61 Å². The number of rotatable bonds is 5. The third-order valence-corrected chi connectivity index (χ3v) is 4.78. The summed E-state index contributed by atoms with van der Waals surface area (Å²) in [7, 11) is 0. The van der Waals surface area contributed by atoms with Gasteiger partial charge in [0.1, 0.15) is 29.6 Å². The van der Waals surface area contributed by atoms with Gasteiger partial charge in [-0.2, -0.15) is 0 Å². The number of phenolic OH excluding ortho intramolecular Hbond substituents is 1. The van der Waals surface area contributed by atoms with Gasteiger partial charge in [-0.05, 0) is 73.8 Å². The zero-order chi connectivity index (χ0) is 24.6. The largest absolute Gasteiger partial charge is 0.573 e. The average molecular weight is 604 g/mol. The van der Waals surface area contributed by atoms with E-state index in [0.717, 1.165) is 23.8 Å². The molecule has 33 heavy (non-hydrogen) atoms. The first-order valence-electron chi connectivity index (χ1n) is 8.79. The lowest BCUT2D eigenvalue weighted by Crippen LogP contribution is -2.17. The highest BCUT2D eigenvalue weighted by Crippen LogP contribution is 2.33. The van der Waals surface area contributed by atoms with Crippen molar-refractivity contribution in [2.45, 2.75) is 19.3 Å². The molecule has 3 rings (SSSR count). The summed E-state index contributed by atoms with van der Waals surface area (Å²) in [6.07, 6.45) is -9.41. The number of halogens is 8. The first kappa shape index (κ1) is 26.7. The fourth-order valence-electron chi connectivity index (χ4n) is 2.22. The minimum Gasteiger partial charge on any atom is -0.507 e. The van der Waals surface area contributed by atoms with Crippen LogP contribution in [0.4, 0.5) is 26.3 Å². The van der Waals surface area contributed by atoms with Gasteiger partial charge in [0.25, 0.3) is 0 Å². The number of ether oxygens (including phenoxy) is 3. The van der Waals surface area contributed by atoms with Gasteiger partial charge in [-0.25, -0.2) is 0 Å². The molecule has 4 nitrogen and oxygen atoms in total. The van der Waals surface area contributed by atoms with E-state index in [1.807, 2.05) is 30.3 Å². The molecular weight excluding hydrogens is 590 g/mol. The lowest BCUT2D eigenvalue weighted by molar-refractivity contribution is -0.275. The Morgan fingerprint density at radius 2 is 1.21 bits per heavy atom. The van der Waals surface area contributed by atoms with Crippen molar-refractivity contribution < 1.29 is 45.7 Å². The van der Waals surface area contributed by atoms with Crippen LogP contribution in [0.1, 0.15) is 5.56 Å². The second kappa shape index (κ2) is 11.5. The molecule has 178 valence electrons. The molecule has 12 heteroatoms. The van der Waals surface area contributed by atoms with Crippen molar-refractivity contribution in [1.29, 1.82) is 0 Å². The lowest BCUT2D eigenvalue weighted by Gasteiger charge is -2.12. The van der Waals surface area contributed by atoms with Gasteiger partial charge < -0.3 is 19.3 Å². The third-order valence-electron chi connectivity index (χ3n) is 3.53. The van der Waals surface area contributed by atoms with Gasteiger partial charge in [-0.3, -0.25) is 0 Å². The number of benzene rings is 3. The molecule has 0 fully saturated rings. The Bertz CT molecular complexity index is 1040. The van der Waals surface area contributed by atoms with Crippen LogP contribution in [0.5, 0.6) is 23.0 Å². The topological polar surface area (TPSA) is 47.9 Å². The Hall–Kier alpha value is -2.60. The standard InChI is InChI=1S/C14H10BrF3O2.C7H4BrF3O2/c15-12-8-11(20-14(16,17)18)6-7-13(12)19-9-10-4-2-1-3-5-10;8-5-3-4(1-2-6(5)12)13-7(9,10)11/h1-8H,9H2;1-3,12H. The summed E-state index contributed by atoms with van der Waals surface area (Å²) in [6, 6.07) is 16.5.